The molecule has 0 saturated heterocycles. The predicted molar refractivity (Wildman–Crippen MR) is 104 cm³/mol. The van der Waals surface area contributed by atoms with E-state index in [1.54, 1.807) is 19.2 Å². The molecule has 6 nitrogen and oxygen atoms in total. The number of hydrogen-bond donors (Lipinski definition) is 1. The van der Waals surface area contributed by atoms with Gasteiger partial charge in [-0.15, -0.1) is 0 Å². The summed E-state index contributed by atoms with van der Waals surface area (Å²) in [6.45, 7) is -0.394. The molecule has 6 heteroatoms. The summed E-state index contributed by atoms with van der Waals surface area (Å²) in [6, 6.07) is 21.5. The molecule has 0 radical (unpaired) electrons. The number of rotatable bonds is 7. The highest BCUT2D eigenvalue weighted by Gasteiger charge is 2.18. The summed E-state index contributed by atoms with van der Waals surface area (Å²) in [4.78, 5) is 28.3. The number of carbonyl (C=O) groups excluding carboxylic acids is 2. The second-order valence-electron chi connectivity index (χ2n) is 5.98. The first kappa shape index (κ1) is 19.1. The lowest BCUT2D eigenvalue weighted by Gasteiger charge is -2.20. The van der Waals surface area contributed by atoms with Gasteiger partial charge < -0.3 is 14.8 Å². The Labute approximate surface area is 163 Å². The van der Waals surface area contributed by atoms with Crippen molar-refractivity contribution >= 4 is 11.9 Å². The van der Waals surface area contributed by atoms with Crippen molar-refractivity contribution in [3.8, 4) is 5.75 Å². The minimum atomic E-state index is -0.642. The van der Waals surface area contributed by atoms with E-state index in [0.29, 0.717) is 0 Å². The maximum Gasteiger partial charge on any atom is 0.357 e. The van der Waals surface area contributed by atoms with Gasteiger partial charge in [0.25, 0.3) is 5.91 Å². The molecule has 1 N–H and O–H groups in total. The summed E-state index contributed by atoms with van der Waals surface area (Å²) in [6.07, 6.45) is 1.49. The molecule has 0 spiro atoms. The summed E-state index contributed by atoms with van der Waals surface area (Å²) in [5.41, 5.74) is 1.96. The van der Waals surface area contributed by atoms with Gasteiger partial charge in [-0.1, -0.05) is 48.5 Å². The maximum absolute atomic E-state index is 12.4. The van der Waals surface area contributed by atoms with Crippen LogP contribution < -0.4 is 10.1 Å². The Bertz CT molecular complexity index is 912. The van der Waals surface area contributed by atoms with Gasteiger partial charge in [0.15, 0.2) is 6.61 Å². The fraction of sp³-hybridized carbons (Fsp3) is 0.136. The molecule has 0 bridgehead atoms. The summed E-state index contributed by atoms with van der Waals surface area (Å²) in [7, 11) is 1.60. The molecule has 1 amide bonds. The van der Waals surface area contributed by atoms with E-state index < -0.39 is 18.5 Å². The van der Waals surface area contributed by atoms with E-state index in [1.165, 1.54) is 12.3 Å². The molecule has 0 aliphatic heterocycles. The van der Waals surface area contributed by atoms with Gasteiger partial charge in [-0.3, -0.25) is 4.79 Å². The van der Waals surface area contributed by atoms with Crippen LogP contribution in [-0.2, 0) is 9.53 Å². The third kappa shape index (κ3) is 4.94. The first-order chi connectivity index (χ1) is 13.7. The van der Waals surface area contributed by atoms with Crippen molar-refractivity contribution in [3.05, 3.63) is 95.8 Å². The van der Waals surface area contributed by atoms with E-state index >= 15 is 0 Å². The fourth-order valence-corrected chi connectivity index (χ4v) is 2.69. The summed E-state index contributed by atoms with van der Waals surface area (Å²) in [5, 5.41) is 2.92. The van der Waals surface area contributed by atoms with Gasteiger partial charge in [-0.25, -0.2) is 9.78 Å². The van der Waals surface area contributed by atoms with Crippen LogP contribution in [0.25, 0.3) is 0 Å². The van der Waals surface area contributed by atoms with Gasteiger partial charge in [0.2, 0.25) is 0 Å². The van der Waals surface area contributed by atoms with Crippen LogP contribution in [0.5, 0.6) is 5.75 Å². The molecule has 0 aliphatic rings. The topological polar surface area (TPSA) is 77.5 Å². The molecule has 1 atom stereocenters. The number of pyridine rings is 1. The molecule has 0 saturated carbocycles. The second-order valence-corrected chi connectivity index (χ2v) is 5.98. The average Bonchev–Trinajstić information content (AvgIpc) is 2.77. The molecular formula is C22H20N2O4. The lowest BCUT2D eigenvalue weighted by molar-refractivity contribution is -0.124. The molecule has 2 aromatic carbocycles. The van der Waals surface area contributed by atoms with E-state index in [4.69, 9.17) is 9.47 Å². The predicted octanol–water partition coefficient (Wildman–Crippen LogP) is 3.15. The van der Waals surface area contributed by atoms with E-state index in [9.17, 15) is 9.59 Å². The smallest absolute Gasteiger partial charge is 0.357 e. The Morgan fingerprint density at radius 2 is 1.61 bits per heavy atom. The van der Waals surface area contributed by atoms with Crippen LogP contribution in [0.1, 0.15) is 27.7 Å². The Kier molecular flexibility index (Phi) is 6.36. The lowest BCUT2D eigenvalue weighted by atomic mass is 9.98. The summed E-state index contributed by atoms with van der Waals surface area (Å²) < 4.78 is 10.3. The normalized spacial score (nSPS) is 11.3. The van der Waals surface area contributed by atoms with Crippen molar-refractivity contribution in [3.63, 3.8) is 0 Å². The molecule has 3 aromatic rings. The largest absolute Gasteiger partial charge is 0.497 e. The molecule has 142 valence electrons. The molecule has 0 fully saturated rings. The Balaban J connectivity index is 1.70. The SMILES string of the molecule is COc1ccc([C@H](NC(=O)COC(=O)c2ccccn2)c2ccccc2)cc1. The highest BCUT2D eigenvalue weighted by Crippen LogP contribution is 2.24. The number of aromatic nitrogens is 1. The molecule has 3 rings (SSSR count). The molecule has 28 heavy (non-hydrogen) atoms. The quantitative estimate of drug-likeness (QED) is 0.641. The molecule has 1 heterocycles. The fourth-order valence-electron chi connectivity index (χ4n) is 2.69. The van der Waals surface area contributed by atoms with Crippen LogP contribution in [0.4, 0.5) is 0 Å². The van der Waals surface area contributed by atoms with Gasteiger partial charge in [0, 0.05) is 6.20 Å². The van der Waals surface area contributed by atoms with Crippen molar-refractivity contribution in [1.29, 1.82) is 0 Å². The zero-order valence-corrected chi connectivity index (χ0v) is 15.4. The van der Waals surface area contributed by atoms with Crippen molar-refractivity contribution in [2.75, 3.05) is 13.7 Å². The van der Waals surface area contributed by atoms with Gasteiger partial charge >= 0.3 is 5.97 Å². The Morgan fingerprint density at radius 1 is 0.929 bits per heavy atom. The van der Waals surface area contributed by atoms with Crippen molar-refractivity contribution in [2.45, 2.75) is 6.04 Å². The maximum atomic E-state index is 12.4. The lowest BCUT2D eigenvalue weighted by Crippen LogP contribution is -2.33. The number of nitrogens with zero attached hydrogens (tertiary/aromatic N) is 1. The zero-order chi connectivity index (χ0) is 19.8. The van der Waals surface area contributed by atoms with Crippen LogP contribution >= 0.6 is 0 Å². The molecule has 1 aromatic heterocycles. The van der Waals surface area contributed by atoms with Crippen molar-refractivity contribution in [1.82, 2.24) is 10.3 Å². The Hall–Kier alpha value is -3.67. The van der Waals surface area contributed by atoms with Crippen LogP contribution in [0.2, 0.25) is 0 Å². The minimum absolute atomic E-state index is 0.157. The minimum Gasteiger partial charge on any atom is -0.497 e. The van der Waals surface area contributed by atoms with Crippen LogP contribution in [0.15, 0.2) is 79.0 Å². The standard InChI is InChI=1S/C22H20N2O4/c1-27-18-12-10-17(11-13-18)21(16-7-3-2-4-8-16)24-20(25)15-28-22(26)19-9-5-6-14-23-19/h2-14,21H,15H2,1H3,(H,24,25)/t21-/m1/s1. The highest BCUT2D eigenvalue weighted by molar-refractivity contribution is 5.89. The molecule has 0 aliphatic carbocycles. The monoisotopic (exact) mass is 376 g/mol. The van der Waals surface area contributed by atoms with Gasteiger partial charge in [-0.05, 0) is 35.4 Å². The number of amides is 1. The van der Waals surface area contributed by atoms with Crippen LogP contribution in [-0.4, -0.2) is 30.6 Å². The second kappa shape index (κ2) is 9.32. The first-order valence-electron chi connectivity index (χ1n) is 8.74. The number of carbonyl (C=O) groups is 2. The number of hydrogen-bond acceptors (Lipinski definition) is 5. The summed E-state index contributed by atoms with van der Waals surface area (Å²) in [5.74, 6) is -0.323. The van der Waals surface area contributed by atoms with Crippen molar-refractivity contribution in [2.24, 2.45) is 0 Å². The number of ether oxygens (including phenoxy) is 2. The molecule has 0 unspecified atom stereocenters. The highest BCUT2D eigenvalue weighted by atomic mass is 16.5. The van der Waals surface area contributed by atoms with E-state index in [1.807, 2.05) is 54.6 Å². The van der Waals surface area contributed by atoms with Gasteiger partial charge in [-0.2, -0.15) is 0 Å². The Morgan fingerprint density at radius 3 is 2.25 bits per heavy atom. The third-order valence-electron chi connectivity index (χ3n) is 4.10. The number of methoxy groups -OCH3 is 1. The number of esters is 1. The van der Waals surface area contributed by atoms with Gasteiger partial charge in [0.05, 0.1) is 13.2 Å². The summed E-state index contributed by atoms with van der Waals surface area (Å²) >= 11 is 0. The van der Waals surface area contributed by atoms with Gasteiger partial charge in [0.1, 0.15) is 11.4 Å². The van der Waals surface area contributed by atoms with Crippen LogP contribution in [0.3, 0.4) is 0 Å². The molecular weight excluding hydrogens is 356 g/mol. The van der Waals surface area contributed by atoms with Crippen LogP contribution in [0, 0.1) is 0 Å². The number of nitrogens with one attached hydrogen (secondary N) is 1. The van der Waals surface area contributed by atoms with E-state index in [-0.39, 0.29) is 11.7 Å². The van der Waals surface area contributed by atoms with E-state index in [2.05, 4.69) is 10.3 Å². The third-order valence-corrected chi connectivity index (χ3v) is 4.10. The zero-order valence-electron chi connectivity index (χ0n) is 15.4. The first-order valence-corrected chi connectivity index (χ1v) is 8.74. The van der Waals surface area contributed by atoms with E-state index in [0.717, 1.165) is 16.9 Å². The van der Waals surface area contributed by atoms with Crippen molar-refractivity contribution < 1.29 is 19.1 Å². The average molecular weight is 376 g/mol. The number of benzene rings is 2.